The standard InChI is InChI=1S/C20H22N2O5/c1-13(23)21-17(11-14-5-3-2-4-6-14)19(25)22-18(20(26)27)12-15-7-9-16(24)10-8-15/h2-10,17-18,24H,11-12H2,1H3,(H,21,23)(H,22,25)(H,26,27)/p-1/t17-,18+/m0/s1. The van der Waals surface area contributed by atoms with Crippen LogP contribution in [0.25, 0.3) is 0 Å². The number of phenolic OH excluding ortho intramolecular Hbond substituents is 1. The molecule has 0 saturated carbocycles. The Morgan fingerprint density at radius 1 is 0.889 bits per heavy atom. The highest BCUT2D eigenvalue weighted by Gasteiger charge is 2.23. The van der Waals surface area contributed by atoms with Gasteiger partial charge in [-0.25, -0.2) is 0 Å². The third kappa shape index (κ3) is 6.47. The van der Waals surface area contributed by atoms with Gasteiger partial charge in [0.05, 0.1) is 12.0 Å². The average molecular weight is 369 g/mol. The Labute approximate surface area is 157 Å². The van der Waals surface area contributed by atoms with Crippen molar-refractivity contribution in [2.24, 2.45) is 0 Å². The first-order chi connectivity index (χ1) is 12.8. The topological polar surface area (TPSA) is 119 Å². The van der Waals surface area contributed by atoms with Gasteiger partial charge >= 0.3 is 0 Å². The quantitative estimate of drug-likeness (QED) is 0.601. The molecular formula is C20H21N2O5-. The molecule has 0 radical (unpaired) electrons. The van der Waals surface area contributed by atoms with Crippen molar-refractivity contribution >= 4 is 17.8 Å². The highest BCUT2D eigenvalue weighted by molar-refractivity contribution is 5.90. The smallest absolute Gasteiger partial charge is 0.243 e. The molecule has 2 amide bonds. The van der Waals surface area contributed by atoms with E-state index in [-0.39, 0.29) is 18.6 Å². The van der Waals surface area contributed by atoms with Crippen molar-refractivity contribution in [1.82, 2.24) is 10.6 Å². The number of hydrogen-bond donors (Lipinski definition) is 3. The van der Waals surface area contributed by atoms with Gasteiger partial charge in [-0.15, -0.1) is 0 Å². The second-order valence-electron chi connectivity index (χ2n) is 6.19. The number of carboxylic acids is 1. The minimum absolute atomic E-state index is 0.00746. The van der Waals surface area contributed by atoms with Crippen molar-refractivity contribution in [3.8, 4) is 5.75 Å². The fourth-order valence-electron chi connectivity index (χ4n) is 2.64. The Morgan fingerprint density at radius 2 is 1.44 bits per heavy atom. The number of amides is 2. The molecular weight excluding hydrogens is 348 g/mol. The number of rotatable bonds is 8. The first kappa shape index (κ1) is 20.0. The molecule has 0 aliphatic carbocycles. The highest BCUT2D eigenvalue weighted by Crippen LogP contribution is 2.11. The Balaban J connectivity index is 2.10. The molecule has 7 heteroatoms. The van der Waals surface area contributed by atoms with E-state index in [1.54, 1.807) is 12.1 Å². The van der Waals surface area contributed by atoms with Crippen molar-refractivity contribution in [3.05, 3.63) is 65.7 Å². The van der Waals surface area contributed by atoms with Gasteiger partial charge in [0, 0.05) is 13.3 Å². The lowest BCUT2D eigenvalue weighted by molar-refractivity contribution is -0.308. The first-order valence-corrected chi connectivity index (χ1v) is 8.45. The molecule has 7 nitrogen and oxygen atoms in total. The van der Waals surface area contributed by atoms with Crippen molar-refractivity contribution in [1.29, 1.82) is 0 Å². The van der Waals surface area contributed by atoms with Gasteiger partial charge in [0.1, 0.15) is 11.8 Å². The summed E-state index contributed by atoms with van der Waals surface area (Å²) >= 11 is 0. The molecule has 3 N–H and O–H groups in total. The van der Waals surface area contributed by atoms with E-state index in [1.165, 1.54) is 19.1 Å². The fraction of sp³-hybridized carbons (Fsp3) is 0.250. The fourth-order valence-corrected chi connectivity index (χ4v) is 2.64. The van der Waals surface area contributed by atoms with Gasteiger partial charge in [-0.05, 0) is 29.7 Å². The van der Waals surface area contributed by atoms with Crippen LogP contribution in [0.15, 0.2) is 54.6 Å². The molecule has 27 heavy (non-hydrogen) atoms. The van der Waals surface area contributed by atoms with Crippen molar-refractivity contribution in [3.63, 3.8) is 0 Å². The van der Waals surface area contributed by atoms with E-state index in [9.17, 15) is 24.6 Å². The minimum Gasteiger partial charge on any atom is -0.548 e. The number of aromatic hydroxyl groups is 1. The van der Waals surface area contributed by atoms with Gasteiger partial charge in [0.2, 0.25) is 11.8 Å². The maximum absolute atomic E-state index is 12.6. The number of phenols is 1. The zero-order chi connectivity index (χ0) is 19.8. The second-order valence-corrected chi connectivity index (χ2v) is 6.19. The SMILES string of the molecule is CC(=O)N[C@@H](Cc1ccccc1)C(=O)N[C@H](Cc1ccc(O)cc1)C(=O)[O-]. The summed E-state index contributed by atoms with van der Waals surface area (Å²) in [5.74, 6) is -2.38. The van der Waals surface area contributed by atoms with Gasteiger partial charge < -0.3 is 25.6 Å². The van der Waals surface area contributed by atoms with E-state index in [0.717, 1.165) is 5.56 Å². The molecule has 142 valence electrons. The number of carbonyl (C=O) groups is 3. The second kappa shape index (κ2) is 9.38. The molecule has 2 aromatic carbocycles. The Morgan fingerprint density at radius 3 is 2.00 bits per heavy atom. The van der Waals surface area contributed by atoms with Crippen LogP contribution >= 0.6 is 0 Å². The van der Waals surface area contributed by atoms with Gasteiger partial charge in [0.25, 0.3) is 0 Å². The number of carboxylic acid groups (broad SMARTS) is 1. The lowest BCUT2D eigenvalue weighted by Crippen LogP contribution is -2.55. The van der Waals surface area contributed by atoms with Crippen LogP contribution in [0.3, 0.4) is 0 Å². The summed E-state index contributed by atoms with van der Waals surface area (Å²) in [4.78, 5) is 35.5. The van der Waals surface area contributed by atoms with Gasteiger partial charge in [0.15, 0.2) is 0 Å². The summed E-state index contributed by atoms with van der Waals surface area (Å²) in [6, 6.07) is 12.9. The van der Waals surface area contributed by atoms with Gasteiger partial charge in [-0.2, -0.15) is 0 Å². The van der Waals surface area contributed by atoms with Crippen molar-refractivity contribution in [2.75, 3.05) is 0 Å². The van der Waals surface area contributed by atoms with E-state index in [1.807, 2.05) is 30.3 Å². The zero-order valence-electron chi connectivity index (χ0n) is 14.8. The van der Waals surface area contributed by atoms with E-state index in [4.69, 9.17) is 0 Å². The maximum atomic E-state index is 12.6. The van der Waals surface area contributed by atoms with Crippen LogP contribution < -0.4 is 15.7 Å². The molecule has 0 spiro atoms. The summed E-state index contributed by atoms with van der Waals surface area (Å²) in [7, 11) is 0. The molecule has 0 fully saturated rings. The lowest BCUT2D eigenvalue weighted by atomic mass is 10.0. The van der Waals surface area contributed by atoms with Crippen molar-refractivity contribution in [2.45, 2.75) is 31.8 Å². The molecule has 0 aromatic heterocycles. The van der Waals surface area contributed by atoms with Crippen LogP contribution in [0.2, 0.25) is 0 Å². The molecule has 0 heterocycles. The summed E-state index contributed by atoms with van der Waals surface area (Å²) in [6.07, 6.45) is 0.220. The Hall–Kier alpha value is -3.35. The van der Waals surface area contributed by atoms with E-state index in [0.29, 0.717) is 5.56 Å². The predicted molar refractivity (Wildman–Crippen MR) is 96.5 cm³/mol. The number of hydrogen-bond acceptors (Lipinski definition) is 5. The molecule has 2 aromatic rings. The highest BCUT2D eigenvalue weighted by atomic mass is 16.4. The molecule has 2 rings (SSSR count). The van der Waals surface area contributed by atoms with E-state index in [2.05, 4.69) is 10.6 Å². The van der Waals surface area contributed by atoms with Crippen LogP contribution in [0.5, 0.6) is 5.75 Å². The first-order valence-electron chi connectivity index (χ1n) is 8.45. The number of nitrogens with one attached hydrogen (secondary N) is 2. The zero-order valence-corrected chi connectivity index (χ0v) is 14.8. The predicted octanol–water partition coefficient (Wildman–Crippen LogP) is -0.0832. The van der Waals surface area contributed by atoms with Crippen LogP contribution in [0.1, 0.15) is 18.1 Å². The van der Waals surface area contributed by atoms with Crippen LogP contribution in [-0.2, 0) is 27.2 Å². The summed E-state index contributed by atoms with van der Waals surface area (Å²) < 4.78 is 0. The van der Waals surface area contributed by atoms with E-state index < -0.39 is 29.9 Å². The Kier molecular flexibility index (Phi) is 6.93. The number of carbonyl (C=O) groups excluding carboxylic acids is 3. The molecule has 0 aliphatic rings. The van der Waals surface area contributed by atoms with E-state index >= 15 is 0 Å². The normalized spacial score (nSPS) is 12.6. The van der Waals surface area contributed by atoms with Crippen LogP contribution in [0, 0.1) is 0 Å². The largest absolute Gasteiger partial charge is 0.548 e. The molecule has 0 saturated heterocycles. The van der Waals surface area contributed by atoms with Crippen LogP contribution in [-0.4, -0.2) is 35.0 Å². The molecule has 0 unspecified atom stereocenters. The monoisotopic (exact) mass is 369 g/mol. The van der Waals surface area contributed by atoms with Crippen molar-refractivity contribution < 1.29 is 24.6 Å². The lowest BCUT2D eigenvalue weighted by Gasteiger charge is -2.24. The summed E-state index contributed by atoms with van der Waals surface area (Å²) in [6.45, 7) is 1.29. The average Bonchev–Trinajstić information content (AvgIpc) is 2.62. The maximum Gasteiger partial charge on any atom is 0.243 e. The third-order valence-electron chi connectivity index (χ3n) is 3.95. The molecule has 0 bridgehead atoms. The Bertz CT molecular complexity index is 790. The third-order valence-corrected chi connectivity index (χ3v) is 3.95. The number of benzene rings is 2. The summed E-state index contributed by atoms with van der Waals surface area (Å²) in [5.41, 5.74) is 1.44. The van der Waals surface area contributed by atoms with Crippen LogP contribution in [0.4, 0.5) is 0 Å². The number of aliphatic carboxylic acids is 1. The molecule has 2 atom stereocenters. The van der Waals surface area contributed by atoms with Gasteiger partial charge in [-0.1, -0.05) is 42.5 Å². The van der Waals surface area contributed by atoms with Gasteiger partial charge in [-0.3, -0.25) is 9.59 Å². The molecule has 0 aliphatic heterocycles. The summed E-state index contributed by atoms with van der Waals surface area (Å²) in [5, 5.41) is 25.7. The minimum atomic E-state index is -1.43.